The average molecular weight is 344 g/mol. The van der Waals surface area contributed by atoms with Crippen LogP contribution < -0.4 is 16.0 Å². The number of amides is 3. The summed E-state index contributed by atoms with van der Waals surface area (Å²) < 4.78 is 0. The van der Waals surface area contributed by atoms with E-state index in [-0.39, 0.29) is 18.0 Å². The molecule has 2 aliphatic heterocycles. The predicted octanol–water partition coefficient (Wildman–Crippen LogP) is 2.33. The van der Waals surface area contributed by atoms with E-state index in [1.165, 1.54) is 0 Å². The number of carbonyl (C=O) groups excluding carboxylic acids is 2. The lowest BCUT2D eigenvalue weighted by molar-refractivity contribution is -0.135. The van der Waals surface area contributed by atoms with Crippen LogP contribution in [0.2, 0.25) is 0 Å². The first-order valence-corrected chi connectivity index (χ1v) is 9.35. The standard InChI is InChI=1S/C19H28N4O2/c24-18(13-16-9-6-11-20-16)23-12-5-4-10-17(23)14-21-19(25)22-15-7-2-1-3-8-15/h1-3,7-8,16-17,20H,4-6,9-14H2,(H2,21,22,25). The number of anilines is 1. The predicted molar refractivity (Wildman–Crippen MR) is 98.5 cm³/mol. The fraction of sp³-hybridized carbons (Fsp3) is 0.579. The highest BCUT2D eigenvalue weighted by molar-refractivity contribution is 5.89. The van der Waals surface area contributed by atoms with E-state index < -0.39 is 0 Å². The van der Waals surface area contributed by atoms with Crippen molar-refractivity contribution in [1.29, 1.82) is 0 Å². The normalized spacial score (nSPS) is 23.3. The molecule has 25 heavy (non-hydrogen) atoms. The SMILES string of the molecule is O=C(NCC1CCCCN1C(=O)CC1CCCN1)Nc1ccccc1. The molecule has 0 aromatic heterocycles. The summed E-state index contributed by atoms with van der Waals surface area (Å²) in [5.74, 6) is 0.217. The van der Waals surface area contributed by atoms with E-state index in [0.29, 0.717) is 19.0 Å². The van der Waals surface area contributed by atoms with Gasteiger partial charge in [0, 0.05) is 37.3 Å². The van der Waals surface area contributed by atoms with Gasteiger partial charge in [-0.3, -0.25) is 4.79 Å². The number of piperidine rings is 1. The minimum Gasteiger partial charge on any atom is -0.338 e. The van der Waals surface area contributed by atoms with Crippen molar-refractivity contribution in [1.82, 2.24) is 15.5 Å². The number of carbonyl (C=O) groups is 2. The number of urea groups is 1. The highest BCUT2D eigenvalue weighted by atomic mass is 16.2. The van der Waals surface area contributed by atoms with Crippen molar-refractivity contribution in [2.75, 3.05) is 25.0 Å². The monoisotopic (exact) mass is 344 g/mol. The van der Waals surface area contributed by atoms with Crippen LogP contribution in [0.25, 0.3) is 0 Å². The fourth-order valence-corrected chi connectivity index (χ4v) is 3.71. The number of nitrogens with one attached hydrogen (secondary N) is 3. The Balaban J connectivity index is 1.48. The van der Waals surface area contributed by atoms with Crippen LogP contribution in [0, 0.1) is 0 Å². The van der Waals surface area contributed by atoms with Gasteiger partial charge in [-0.15, -0.1) is 0 Å². The first kappa shape index (κ1) is 17.7. The van der Waals surface area contributed by atoms with E-state index in [1.54, 1.807) is 0 Å². The molecule has 6 heteroatoms. The van der Waals surface area contributed by atoms with Crippen LogP contribution in [0.3, 0.4) is 0 Å². The third-order valence-corrected chi connectivity index (χ3v) is 5.06. The molecule has 2 aliphatic rings. The summed E-state index contributed by atoms with van der Waals surface area (Å²) in [5.41, 5.74) is 0.767. The lowest BCUT2D eigenvalue weighted by atomic mass is 10.0. The van der Waals surface area contributed by atoms with Crippen LogP contribution in [0.1, 0.15) is 38.5 Å². The molecule has 3 N–H and O–H groups in total. The van der Waals surface area contributed by atoms with Gasteiger partial charge in [0.2, 0.25) is 5.91 Å². The zero-order valence-electron chi connectivity index (χ0n) is 14.7. The fourth-order valence-electron chi connectivity index (χ4n) is 3.71. The topological polar surface area (TPSA) is 73.5 Å². The number of para-hydroxylation sites is 1. The second kappa shape index (κ2) is 8.85. The van der Waals surface area contributed by atoms with E-state index in [2.05, 4.69) is 16.0 Å². The van der Waals surface area contributed by atoms with Gasteiger partial charge in [0.15, 0.2) is 0 Å². The molecular formula is C19H28N4O2. The Morgan fingerprint density at radius 2 is 1.96 bits per heavy atom. The third-order valence-electron chi connectivity index (χ3n) is 5.06. The molecular weight excluding hydrogens is 316 g/mol. The van der Waals surface area contributed by atoms with Crippen LogP contribution >= 0.6 is 0 Å². The van der Waals surface area contributed by atoms with Crippen molar-refractivity contribution in [2.45, 2.75) is 50.6 Å². The minimum absolute atomic E-state index is 0.101. The first-order chi connectivity index (χ1) is 12.2. The van der Waals surface area contributed by atoms with Gasteiger partial charge in [-0.2, -0.15) is 0 Å². The molecule has 1 aromatic carbocycles. The van der Waals surface area contributed by atoms with Gasteiger partial charge in [0.05, 0.1) is 0 Å². The van der Waals surface area contributed by atoms with Gasteiger partial charge < -0.3 is 20.9 Å². The van der Waals surface area contributed by atoms with E-state index in [1.807, 2.05) is 35.2 Å². The molecule has 0 spiro atoms. The Hall–Kier alpha value is -2.08. The molecule has 3 amide bonds. The quantitative estimate of drug-likeness (QED) is 0.767. The summed E-state index contributed by atoms with van der Waals surface area (Å²) in [6.07, 6.45) is 5.93. The second-order valence-corrected chi connectivity index (χ2v) is 6.94. The summed E-state index contributed by atoms with van der Waals surface area (Å²) in [7, 11) is 0. The second-order valence-electron chi connectivity index (χ2n) is 6.94. The summed E-state index contributed by atoms with van der Waals surface area (Å²) in [6.45, 7) is 2.32. The highest BCUT2D eigenvalue weighted by Crippen LogP contribution is 2.19. The van der Waals surface area contributed by atoms with Gasteiger partial charge in [0.25, 0.3) is 0 Å². The number of likely N-dealkylation sites (tertiary alicyclic amines) is 1. The Morgan fingerprint density at radius 1 is 1.12 bits per heavy atom. The number of benzene rings is 1. The number of hydrogen-bond acceptors (Lipinski definition) is 3. The number of hydrogen-bond donors (Lipinski definition) is 3. The molecule has 2 heterocycles. The van der Waals surface area contributed by atoms with Crippen molar-refractivity contribution in [2.24, 2.45) is 0 Å². The Bertz CT molecular complexity index is 572. The van der Waals surface area contributed by atoms with Crippen LogP contribution in [0.15, 0.2) is 30.3 Å². The van der Waals surface area contributed by atoms with Crippen molar-refractivity contribution in [3.8, 4) is 0 Å². The van der Waals surface area contributed by atoms with Crippen molar-refractivity contribution < 1.29 is 9.59 Å². The molecule has 3 rings (SSSR count). The summed E-state index contributed by atoms with van der Waals surface area (Å²) in [4.78, 5) is 26.7. The molecule has 0 aliphatic carbocycles. The number of rotatable bonds is 5. The zero-order valence-corrected chi connectivity index (χ0v) is 14.7. The van der Waals surface area contributed by atoms with Gasteiger partial charge >= 0.3 is 6.03 Å². The van der Waals surface area contributed by atoms with Crippen LogP contribution in [-0.2, 0) is 4.79 Å². The largest absolute Gasteiger partial charge is 0.338 e. The van der Waals surface area contributed by atoms with Crippen LogP contribution in [0.5, 0.6) is 0 Å². The number of nitrogens with zero attached hydrogens (tertiary/aromatic N) is 1. The van der Waals surface area contributed by atoms with Gasteiger partial charge in [-0.05, 0) is 50.8 Å². The van der Waals surface area contributed by atoms with Crippen molar-refractivity contribution in [3.05, 3.63) is 30.3 Å². The molecule has 2 fully saturated rings. The van der Waals surface area contributed by atoms with Gasteiger partial charge in [-0.25, -0.2) is 4.79 Å². The maximum absolute atomic E-state index is 12.7. The summed E-state index contributed by atoms with van der Waals surface area (Å²) in [5, 5.41) is 9.13. The smallest absolute Gasteiger partial charge is 0.319 e. The van der Waals surface area contributed by atoms with Crippen molar-refractivity contribution in [3.63, 3.8) is 0 Å². The Kier molecular flexibility index (Phi) is 6.28. The van der Waals surface area contributed by atoms with Gasteiger partial charge in [0.1, 0.15) is 0 Å². The maximum atomic E-state index is 12.7. The lowest BCUT2D eigenvalue weighted by Crippen LogP contribution is -2.50. The summed E-state index contributed by atoms with van der Waals surface area (Å²) >= 11 is 0. The average Bonchev–Trinajstić information content (AvgIpc) is 3.14. The molecule has 136 valence electrons. The molecule has 1 aromatic rings. The lowest BCUT2D eigenvalue weighted by Gasteiger charge is -2.36. The molecule has 2 unspecified atom stereocenters. The Morgan fingerprint density at radius 3 is 2.72 bits per heavy atom. The van der Waals surface area contributed by atoms with Crippen LogP contribution in [0.4, 0.5) is 10.5 Å². The molecule has 0 saturated carbocycles. The van der Waals surface area contributed by atoms with E-state index >= 15 is 0 Å². The third kappa shape index (κ3) is 5.19. The van der Waals surface area contributed by atoms with E-state index in [4.69, 9.17) is 0 Å². The van der Waals surface area contributed by atoms with Crippen LogP contribution in [-0.4, -0.2) is 48.6 Å². The molecule has 0 bridgehead atoms. The first-order valence-electron chi connectivity index (χ1n) is 9.35. The molecule has 2 atom stereocenters. The zero-order chi connectivity index (χ0) is 17.5. The Labute approximate surface area is 149 Å². The van der Waals surface area contributed by atoms with E-state index in [9.17, 15) is 9.59 Å². The minimum atomic E-state index is -0.221. The maximum Gasteiger partial charge on any atom is 0.319 e. The van der Waals surface area contributed by atoms with Crippen molar-refractivity contribution >= 4 is 17.6 Å². The molecule has 0 radical (unpaired) electrons. The van der Waals surface area contributed by atoms with Gasteiger partial charge in [-0.1, -0.05) is 18.2 Å². The molecule has 6 nitrogen and oxygen atoms in total. The highest BCUT2D eigenvalue weighted by Gasteiger charge is 2.29. The van der Waals surface area contributed by atoms with E-state index in [0.717, 1.165) is 50.9 Å². The summed E-state index contributed by atoms with van der Waals surface area (Å²) in [6, 6.07) is 9.58. The molecule has 2 saturated heterocycles.